The van der Waals surface area contributed by atoms with Crippen LogP contribution >= 0.6 is 6.64 Å². The number of H-pyrrole nitrogens is 1. The highest BCUT2D eigenvalue weighted by atomic mass is 32.5. The van der Waals surface area contributed by atoms with Crippen molar-refractivity contribution in [2.24, 2.45) is 0 Å². The number of aliphatic hydroxyl groups is 2. The van der Waals surface area contributed by atoms with Crippen molar-refractivity contribution in [2.75, 3.05) is 6.61 Å². The van der Waals surface area contributed by atoms with Crippen molar-refractivity contribution in [1.29, 1.82) is 0 Å². The number of rotatable bonds is 10. The van der Waals surface area contributed by atoms with Crippen molar-refractivity contribution in [3.05, 3.63) is 75.6 Å². The third-order valence-corrected chi connectivity index (χ3v) is 8.79. The van der Waals surface area contributed by atoms with E-state index in [2.05, 4.69) is 5.09 Å². The molecule has 1 aliphatic heterocycles. The topological polar surface area (TPSA) is 161 Å². The summed E-state index contributed by atoms with van der Waals surface area (Å²) >= 11 is 5.64. The number of nitrogens with one attached hydrogen (secondary N) is 2. The van der Waals surface area contributed by atoms with Gasteiger partial charge in [-0.1, -0.05) is 30.3 Å². The second-order valence-corrected chi connectivity index (χ2v) is 13.2. The van der Waals surface area contributed by atoms with E-state index in [9.17, 15) is 24.6 Å². The lowest BCUT2D eigenvalue weighted by Crippen LogP contribution is -2.50. The molecule has 4 N–H and O–H groups in total. The minimum absolute atomic E-state index is 0.259. The Bertz CT molecular complexity index is 1600. The Hall–Kier alpha value is -2.97. The maximum absolute atomic E-state index is 16.1. The lowest BCUT2D eigenvalue weighted by atomic mass is 9.95. The van der Waals surface area contributed by atoms with E-state index in [-0.39, 0.29) is 5.75 Å². The van der Waals surface area contributed by atoms with Gasteiger partial charge in [0, 0.05) is 12.3 Å². The average molecular weight is 612 g/mol. The molecule has 0 spiro atoms. The van der Waals surface area contributed by atoms with Crippen LogP contribution in [0, 0.1) is 0 Å². The summed E-state index contributed by atoms with van der Waals surface area (Å²) in [6, 6.07) is 12.5. The van der Waals surface area contributed by atoms with Gasteiger partial charge < -0.3 is 28.7 Å². The smallest absolute Gasteiger partial charge is 0.330 e. The maximum atomic E-state index is 16.1. The summed E-state index contributed by atoms with van der Waals surface area (Å²) in [4.78, 5) is 38.3. The molecule has 222 valence electrons. The van der Waals surface area contributed by atoms with Gasteiger partial charge in [0.2, 0.25) is 0 Å². The molecule has 41 heavy (non-hydrogen) atoms. The van der Waals surface area contributed by atoms with E-state index in [4.69, 9.17) is 30.3 Å². The first-order valence-corrected chi connectivity index (χ1v) is 15.3. The Morgan fingerprint density at radius 3 is 2.56 bits per heavy atom. The summed E-state index contributed by atoms with van der Waals surface area (Å²) in [6.45, 7) is 1.01. The van der Waals surface area contributed by atoms with E-state index in [1.54, 1.807) is 32.0 Å². The van der Waals surface area contributed by atoms with Crippen LogP contribution in [0.4, 0.5) is 4.39 Å². The monoisotopic (exact) mass is 611 g/mol. The zero-order chi connectivity index (χ0) is 30.2. The molecule has 15 heteroatoms. The number of halogens is 1. The first-order valence-electron chi connectivity index (χ1n) is 12.6. The molecule has 1 saturated heterocycles. The average Bonchev–Trinajstić information content (AvgIpc) is 3.07. The Morgan fingerprint density at radius 2 is 1.90 bits per heavy atom. The Labute approximate surface area is 239 Å². The molecule has 0 amide bonds. The van der Waals surface area contributed by atoms with Crippen molar-refractivity contribution in [1.82, 2.24) is 14.6 Å². The first kappa shape index (κ1) is 31.0. The molecule has 2 aromatic carbocycles. The molecule has 0 aliphatic carbocycles. The lowest BCUT2D eigenvalue weighted by molar-refractivity contribution is -0.203. The zero-order valence-electron chi connectivity index (χ0n) is 22.6. The van der Waals surface area contributed by atoms with Gasteiger partial charge in [0.25, 0.3) is 11.4 Å². The zero-order valence-corrected chi connectivity index (χ0v) is 24.4. The van der Waals surface area contributed by atoms with E-state index in [0.717, 1.165) is 34.5 Å². The van der Waals surface area contributed by atoms with E-state index in [0.29, 0.717) is 0 Å². The normalized spacial score (nSPS) is 26.5. The van der Waals surface area contributed by atoms with Crippen LogP contribution < -0.4 is 20.9 Å². The Kier molecular flexibility index (Phi) is 8.86. The van der Waals surface area contributed by atoms with E-state index in [1.165, 1.54) is 6.92 Å². The van der Waals surface area contributed by atoms with Crippen LogP contribution in [0.15, 0.2) is 64.3 Å². The minimum atomic E-state index is -3.79. The number of nitrogens with zero attached hydrogens (tertiary/aromatic N) is 1. The number of aromatic nitrogens is 2. The van der Waals surface area contributed by atoms with Crippen molar-refractivity contribution < 1.29 is 37.9 Å². The van der Waals surface area contributed by atoms with Crippen molar-refractivity contribution >= 4 is 35.2 Å². The fourth-order valence-corrected chi connectivity index (χ4v) is 6.64. The number of carbonyl (C=O) groups excluding carboxylic acids is 1. The summed E-state index contributed by atoms with van der Waals surface area (Å²) in [5.74, 6) is -3.49. The summed E-state index contributed by atoms with van der Waals surface area (Å²) in [5, 5.41) is 26.2. The van der Waals surface area contributed by atoms with Gasteiger partial charge in [-0.2, -0.15) is 0 Å². The first-order chi connectivity index (χ1) is 19.1. The quantitative estimate of drug-likeness (QED) is 0.197. The molecule has 6 atom stereocenters. The molecule has 0 bridgehead atoms. The van der Waals surface area contributed by atoms with Crippen LogP contribution in [0.2, 0.25) is 0 Å². The molecule has 3 aromatic rings. The summed E-state index contributed by atoms with van der Waals surface area (Å²) < 4.78 is 39.2. The molecule has 0 radical (unpaired) electrons. The van der Waals surface area contributed by atoms with E-state index in [1.807, 2.05) is 29.2 Å². The van der Waals surface area contributed by atoms with Gasteiger partial charge in [-0.15, -0.1) is 0 Å². The molecule has 2 heterocycles. The molecule has 1 unspecified atom stereocenters. The number of aromatic amines is 1. The summed E-state index contributed by atoms with van der Waals surface area (Å²) in [7, 11) is 0. The second-order valence-electron chi connectivity index (χ2n) is 10.1. The number of aliphatic hydroxyl groups excluding tert-OH is 1. The van der Waals surface area contributed by atoms with Gasteiger partial charge in [0.05, 0.1) is 6.10 Å². The van der Waals surface area contributed by atoms with Crippen LogP contribution in [0.5, 0.6) is 5.75 Å². The molecule has 1 fully saturated rings. The molecular formula is C26H31FN3O9PS. The summed E-state index contributed by atoms with van der Waals surface area (Å²) in [5.41, 5.74) is -4.06. The van der Waals surface area contributed by atoms with Crippen LogP contribution in [-0.2, 0) is 30.6 Å². The Balaban J connectivity index is 1.62. The molecule has 12 nitrogen and oxygen atoms in total. The van der Waals surface area contributed by atoms with Gasteiger partial charge >= 0.3 is 18.3 Å². The fourth-order valence-electron chi connectivity index (χ4n) is 4.25. The van der Waals surface area contributed by atoms with Crippen LogP contribution in [0.25, 0.3) is 10.8 Å². The summed E-state index contributed by atoms with van der Waals surface area (Å²) in [6.07, 6.45) is -3.40. The molecule has 1 aromatic heterocycles. The van der Waals surface area contributed by atoms with Crippen molar-refractivity contribution in [3.8, 4) is 5.75 Å². The number of carbonyl (C=O) groups is 1. The second kappa shape index (κ2) is 11.7. The number of hydrogen-bond donors (Lipinski definition) is 4. The van der Waals surface area contributed by atoms with Crippen LogP contribution in [-0.4, -0.2) is 62.0 Å². The predicted octanol–water partition coefficient (Wildman–Crippen LogP) is 2.25. The number of hydrogen-bond acceptors (Lipinski definition) is 10. The number of esters is 1. The van der Waals surface area contributed by atoms with E-state index >= 15 is 4.39 Å². The van der Waals surface area contributed by atoms with Gasteiger partial charge in [-0.3, -0.25) is 19.1 Å². The third-order valence-electron chi connectivity index (χ3n) is 6.31. The third kappa shape index (κ3) is 6.75. The number of alkyl halides is 1. The molecule has 4 rings (SSSR count). The highest BCUT2D eigenvalue weighted by Gasteiger charge is 2.63. The van der Waals surface area contributed by atoms with Crippen molar-refractivity contribution in [2.45, 2.75) is 63.6 Å². The number of benzene rings is 2. The predicted molar refractivity (Wildman–Crippen MR) is 151 cm³/mol. The Morgan fingerprint density at radius 1 is 1.22 bits per heavy atom. The highest BCUT2D eigenvalue weighted by Crippen LogP contribution is 2.50. The lowest BCUT2D eigenvalue weighted by Gasteiger charge is -2.31. The fraction of sp³-hybridized carbons (Fsp3) is 0.423. The maximum Gasteiger partial charge on any atom is 0.330 e. The van der Waals surface area contributed by atoms with Gasteiger partial charge in [0.1, 0.15) is 30.1 Å². The van der Waals surface area contributed by atoms with Crippen molar-refractivity contribution in [3.63, 3.8) is 0 Å². The highest BCUT2D eigenvalue weighted by molar-refractivity contribution is 8.09. The van der Waals surface area contributed by atoms with Gasteiger partial charge in [-0.05, 0) is 62.4 Å². The number of fused-ring (bicyclic) bond motifs is 1. The van der Waals surface area contributed by atoms with Crippen LogP contribution in [0.3, 0.4) is 0 Å². The SMILES string of the molecule is CC(C)OC(=O)[C@H](C)NP(=S)(OC[C@@]1(F)O[C@@H](n2ccc(=O)[nH]c2=O)[C@](C)(O)[C@@H]1O)Oc1ccc2ccccc2c1. The largest absolute Gasteiger partial charge is 0.462 e. The molecule has 0 saturated carbocycles. The molecular weight excluding hydrogens is 580 g/mol. The van der Waals surface area contributed by atoms with Crippen LogP contribution in [0.1, 0.15) is 33.9 Å². The standard InChI is InChI=1S/C26H31FN3O9PS/c1-15(2)37-21(32)16(3)29-40(41,39-19-10-9-17-7-5-6-8-18(17)13-19)36-14-26(27)22(33)25(4,35)23(38-26)30-12-11-20(31)28-24(30)34/h5-13,15-16,22-23,33,35H,14H2,1-4H3,(H,29,41)(H,28,31,34)/t16-,22-,23+,25+,26+,40?/m0/s1. The van der Waals surface area contributed by atoms with E-state index < -0.39 is 66.4 Å². The van der Waals surface area contributed by atoms with Gasteiger partial charge in [-0.25, -0.2) is 14.3 Å². The minimum Gasteiger partial charge on any atom is -0.462 e. The van der Waals surface area contributed by atoms with Gasteiger partial charge in [0.15, 0.2) is 6.23 Å². The number of ether oxygens (including phenoxy) is 2. The molecule has 1 aliphatic rings.